The van der Waals surface area contributed by atoms with Crippen molar-refractivity contribution >= 4 is 5.69 Å². The maximum atomic E-state index is 12.9. The molecule has 2 heterocycles. The number of pyridine rings is 1. The molecular formula is C10H13FN2O2. The van der Waals surface area contributed by atoms with Crippen molar-refractivity contribution in [3.8, 4) is 0 Å². The molecule has 2 rings (SSSR count). The van der Waals surface area contributed by atoms with E-state index in [9.17, 15) is 4.39 Å². The molecule has 2 N–H and O–H groups in total. The molecule has 1 saturated heterocycles. The van der Waals surface area contributed by atoms with E-state index in [2.05, 4.69) is 4.98 Å². The molecule has 0 bridgehead atoms. The van der Waals surface area contributed by atoms with Crippen LogP contribution in [0.5, 0.6) is 0 Å². The molecule has 0 saturated carbocycles. The second-order valence-electron chi connectivity index (χ2n) is 3.95. The molecule has 0 aromatic carbocycles. The summed E-state index contributed by atoms with van der Waals surface area (Å²) in [6, 6.07) is 1.48. The fourth-order valence-electron chi connectivity index (χ4n) is 1.48. The van der Waals surface area contributed by atoms with Crippen LogP contribution in [0.4, 0.5) is 10.1 Å². The summed E-state index contributed by atoms with van der Waals surface area (Å²) in [5.41, 5.74) is 6.12. The molecule has 4 nitrogen and oxygen atoms in total. The Morgan fingerprint density at radius 1 is 1.60 bits per heavy atom. The van der Waals surface area contributed by atoms with Crippen LogP contribution in [-0.2, 0) is 9.47 Å². The predicted molar refractivity (Wildman–Crippen MR) is 52.5 cm³/mol. The van der Waals surface area contributed by atoms with Crippen molar-refractivity contribution in [3.63, 3.8) is 0 Å². The first-order valence-corrected chi connectivity index (χ1v) is 4.71. The summed E-state index contributed by atoms with van der Waals surface area (Å²) in [6.45, 7) is 4.05. The van der Waals surface area contributed by atoms with E-state index < -0.39 is 11.6 Å². The number of hydrogen-bond donors (Lipinski definition) is 1. The zero-order valence-corrected chi connectivity index (χ0v) is 8.66. The Balaban J connectivity index is 2.21. The van der Waals surface area contributed by atoms with Gasteiger partial charge in [-0.3, -0.25) is 4.98 Å². The number of halogens is 1. The Bertz CT molecular complexity index is 382. The minimum atomic E-state index is -0.616. The Hall–Kier alpha value is -1.20. The van der Waals surface area contributed by atoms with Crippen molar-refractivity contribution in [2.24, 2.45) is 0 Å². The van der Waals surface area contributed by atoms with Gasteiger partial charge in [-0.1, -0.05) is 0 Å². The molecule has 1 atom stereocenters. The molecule has 1 aliphatic heterocycles. The lowest BCUT2D eigenvalue weighted by atomic mass is 10.2. The largest absolute Gasteiger partial charge is 0.396 e. The van der Waals surface area contributed by atoms with Gasteiger partial charge in [0.05, 0.1) is 24.2 Å². The highest BCUT2D eigenvalue weighted by atomic mass is 19.1. The van der Waals surface area contributed by atoms with Gasteiger partial charge in [0.1, 0.15) is 6.10 Å². The number of nitrogens with two attached hydrogens (primary N) is 1. The van der Waals surface area contributed by atoms with Gasteiger partial charge in [0, 0.05) is 0 Å². The van der Waals surface area contributed by atoms with Crippen LogP contribution in [-0.4, -0.2) is 17.4 Å². The second-order valence-corrected chi connectivity index (χ2v) is 3.95. The number of nitrogen functional groups attached to an aromatic ring is 1. The first kappa shape index (κ1) is 10.3. The minimum Gasteiger partial charge on any atom is -0.396 e. The van der Waals surface area contributed by atoms with Gasteiger partial charge >= 0.3 is 0 Å². The fourth-order valence-corrected chi connectivity index (χ4v) is 1.48. The summed E-state index contributed by atoms with van der Waals surface area (Å²) in [7, 11) is 0. The molecule has 1 fully saturated rings. The molecule has 1 unspecified atom stereocenters. The first-order chi connectivity index (χ1) is 6.98. The van der Waals surface area contributed by atoms with Gasteiger partial charge in [0.15, 0.2) is 11.6 Å². The maximum Gasteiger partial charge on any atom is 0.164 e. The van der Waals surface area contributed by atoms with Crippen LogP contribution in [0.3, 0.4) is 0 Å². The molecule has 5 heteroatoms. The molecule has 82 valence electrons. The van der Waals surface area contributed by atoms with Gasteiger partial charge in [-0.25, -0.2) is 4.39 Å². The molecule has 0 spiro atoms. The Morgan fingerprint density at radius 3 is 2.87 bits per heavy atom. The molecule has 1 aromatic rings. The van der Waals surface area contributed by atoms with Crippen LogP contribution in [0.25, 0.3) is 0 Å². The second kappa shape index (κ2) is 3.43. The van der Waals surface area contributed by atoms with E-state index in [-0.39, 0.29) is 11.8 Å². The lowest BCUT2D eigenvalue weighted by molar-refractivity contribution is -0.139. The Morgan fingerprint density at radius 2 is 2.33 bits per heavy atom. The van der Waals surface area contributed by atoms with Gasteiger partial charge in [0.2, 0.25) is 0 Å². The molecule has 0 radical (unpaired) electrons. The molecule has 15 heavy (non-hydrogen) atoms. The SMILES string of the molecule is CC1(C)OCC(c2cc(N)c(F)cn2)O1. The van der Waals surface area contributed by atoms with E-state index in [4.69, 9.17) is 15.2 Å². The summed E-state index contributed by atoms with van der Waals surface area (Å²) in [5.74, 6) is -1.13. The third-order valence-electron chi connectivity index (χ3n) is 2.24. The van der Waals surface area contributed by atoms with Gasteiger partial charge < -0.3 is 15.2 Å². The molecule has 1 aromatic heterocycles. The summed E-state index contributed by atoms with van der Waals surface area (Å²) >= 11 is 0. The van der Waals surface area contributed by atoms with E-state index in [1.165, 1.54) is 6.07 Å². The molecule has 1 aliphatic rings. The van der Waals surface area contributed by atoms with Crippen LogP contribution >= 0.6 is 0 Å². The number of aromatic nitrogens is 1. The van der Waals surface area contributed by atoms with Crippen molar-refractivity contribution in [1.29, 1.82) is 0 Å². The summed E-state index contributed by atoms with van der Waals surface area (Å²) < 4.78 is 23.8. The van der Waals surface area contributed by atoms with Crippen molar-refractivity contribution in [1.82, 2.24) is 4.98 Å². The lowest BCUT2D eigenvalue weighted by Crippen LogP contribution is -2.19. The van der Waals surface area contributed by atoms with E-state index in [1.54, 1.807) is 0 Å². The van der Waals surface area contributed by atoms with E-state index in [0.29, 0.717) is 12.3 Å². The fraction of sp³-hybridized carbons (Fsp3) is 0.500. The van der Waals surface area contributed by atoms with Crippen LogP contribution in [0.2, 0.25) is 0 Å². The Labute approximate surface area is 87.2 Å². The van der Waals surface area contributed by atoms with Crippen LogP contribution < -0.4 is 5.73 Å². The summed E-state index contributed by atoms with van der Waals surface area (Å²) in [6.07, 6.45) is 0.821. The smallest absolute Gasteiger partial charge is 0.164 e. The number of rotatable bonds is 1. The molecule has 0 aliphatic carbocycles. The quantitative estimate of drug-likeness (QED) is 0.768. The van der Waals surface area contributed by atoms with Crippen LogP contribution in [0.1, 0.15) is 25.6 Å². The standard InChI is InChI=1S/C10H13FN2O2/c1-10(2)14-5-9(15-10)8-3-7(12)6(11)4-13-8/h3-4,9H,5H2,1-2H3,(H2,12,13). The van der Waals surface area contributed by atoms with Crippen LogP contribution in [0, 0.1) is 5.82 Å². The van der Waals surface area contributed by atoms with E-state index in [0.717, 1.165) is 6.20 Å². The molecular weight excluding hydrogens is 199 g/mol. The van der Waals surface area contributed by atoms with E-state index in [1.807, 2.05) is 13.8 Å². The average Bonchev–Trinajstić information content (AvgIpc) is 2.51. The maximum absolute atomic E-state index is 12.9. The summed E-state index contributed by atoms with van der Waals surface area (Å²) in [4.78, 5) is 3.93. The predicted octanol–water partition coefficient (Wildman–Crippen LogP) is 1.63. The third-order valence-corrected chi connectivity index (χ3v) is 2.24. The molecule has 0 amide bonds. The monoisotopic (exact) mass is 212 g/mol. The first-order valence-electron chi connectivity index (χ1n) is 4.71. The lowest BCUT2D eigenvalue weighted by Gasteiger charge is -2.16. The number of nitrogens with zero attached hydrogens (tertiary/aromatic N) is 1. The highest BCUT2D eigenvalue weighted by Crippen LogP contribution is 2.32. The van der Waals surface area contributed by atoms with Crippen molar-refractivity contribution < 1.29 is 13.9 Å². The summed E-state index contributed by atoms with van der Waals surface area (Å²) in [5, 5.41) is 0. The van der Waals surface area contributed by atoms with Crippen molar-refractivity contribution in [2.75, 3.05) is 12.3 Å². The topological polar surface area (TPSA) is 57.4 Å². The number of anilines is 1. The van der Waals surface area contributed by atoms with Crippen molar-refractivity contribution in [2.45, 2.75) is 25.7 Å². The zero-order valence-electron chi connectivity index (χ0n) is 8.66. The number of ether oxygens (including phenoxy) is 2. The third kappa shape index (κ3) is 2.08. The van der Waals surface area contributed by atoms with Gasteiger partial charge in [-0.05, 0) is 19.9 Å². The van der Waals surface area contributed by atoms with Crippen LogP contribution in [0.15, 0.2) is 12.3 Å². The highest BCUT2D eigenvalue weighted by molar-refractivity contribution is 5.39. The normalized spacial score (nSPS) is 24.3. The Kier molecular flexibility index (Phi) is 2.36. The van der Waals surface area contributed by atoms with Crippen molar-refractivity contribution in [3.05, 3.63) is 23.8 Å². The average molecular weight is 212 g/mol. The zero-order chi connectivity index (χ0) is 11.1. The number of hydrogen-bond acceptors (Lipinski definition) is 4. The van der Waals surface area contributed by atoms with Gasteiger partial charge in [0.25, 0.3) is 0 Å². The highest BCUT2D eigenvalue weighted by Gasteiger charge is 2.34. The minimum absolute atomic E-state index is 0.0771. The van der Waals surface area contributed by atoms with Gasteiger partial charge in [-0.15, -0.1) is 0 Å². The van der Waals surface area contributed by atoms with E-state index >= 15 is 0 Å². The van der Waals surface area contributed by atoms with Gasteiger partial charge in [-0.2, -0.15) is 0 Å².